The van der Waals surface area contributed by atoms with Crippen LogP contribution in [0.15, 0.2) is 30.3 Å². The summed E-state index contributed by atoms with van der Waals surface area (Å²) in [6.45, 7) is 4.23. The quantitative estimate of drug-likeness (QED) is 0.595. The minimum absolute atomic E-state index is 0.217. The zero-order valence-corrected chi connectivity index (χ0v) is 20.7. The van der Waals surface area contributed by atoms with Crippen LogP contribution in [0.1, 0.15) is 50.5 Å². The van der Waals surface area contributed by atoms with Gasteiger partial charge in [0.1, 0.15) is 11.6 Å². The smallest absolute Gasteiger partial charge is 0.318 e. The highest BCUT2D eigenvalue weighted by Crippen LogP contribution is 2.28. The van der Waals surface area contributed by atoms with Crippen LogP contribution >= 0.6 is 0 Å². The molecular formula is C27H39N5O3. The van der Waals surface area contributed by atoms with E-state index in [0.717, 1.165) is 32.4 Å². The molecule has 4 rings (SSSR count). The van der Waals surface area contributed by atoms with E-state index in [1.807, 2.05) is 18.2 Å². The van der Waals surface area contributed by atoms with Crippen molar-refractivity contribution in [1.29, 1.82) is 5.26 Å². The number of nitriles is 1. The number of carbonyl (C=O) groups excluding carboxylic acids is 2. The Balaban J connectivity index is 1.37. The minimum Gasteiger partial charge on any atom is -0.378 e. The van der Waals surface area contributed by atoms with Crippen molar-refractivity contribution < 1.29 is 14.3 Å². The average Bonchev–Trinajstić information content (AvgIpc) is 3.32. The second kappa shape index (κ2) is 12.4. The van der Waals surface area contributed by atoms with Crippen molar-refractivity contribution in [2.45, 2.75) is 62.9 Å². The van der Waals surface area contributed by atoms with Crippen LogP contribution in [0.3, 0.4) is 0 Å². The summed E-state index contributed by atoms with van der Waals surface area (Å²) in [6, 6.07) is 11.9. The zero-order valence-electron chi connectivity index (χ0n) is 20.7. The van der Waals surface area contributed by atoms with Crippen molar-refractivity contribution in [3.05, 3.63) is 35.9 Å². The Morgan fingerprint density at radius 1 is 1.11 bits per heavy atom. The van der Waals surface area contributed by atoms with E-state index >= 15 is 0 Å². The molecule has 1 saturated carbocycles. The Morgan fingerprint density at radius 3 is 2.57 bits per heavy atom. The molecule has 2 saturated heterocycles. The molecule has 3 aliphatic rings. The van der Waals surface area contributed by atoms with Gasteiger partial charge in [-0.05, 0) is 30.7 Å². The Morgan fingerprint density at radius 2 is 1.86 bits per heavy atom. The fourth-order valence-corrected chi connectivity index (χ4v) is 5.55. The third kappa shape index (κ3) is 7.18. The molecule has 2 atom stereocenters. The zero-order chi connectivity index (χ0) is 24.5. The molecule has 1 aromatic rings. The predicted octanol–water partition coefficient (Wildman–Crippen LogP) is 2.69. The lowest BCUT2D eigenvalue weighted by molar-refractivity contribution is -0.124. The van der Waals surface area contributed by atoms with Gasteiger partial charge in [-0.15, -0.1) is 0 Å². The topological polar surface area (TPSA) is 97.7 Å². The molecule has 8 nitrogen and oxygen atoms in total. The number of hydrogen-bond acceptors (Lipinski definition) is 5. The SMILES string of the molecule is N#CC1(NC(=O)C(CC2CCCCC2)NC(=O)N2CCOCC2)CCN(CCc2ccccc2)C1. The summed E-state index contributed by atoms with van der Waals surface area (Å²) in [6.07, 6.45) is 7.91. The molecule has 2 unspecified atom stereocenters. The summed E-state index contributed by atoms with van der Waals surface area (Å²) >= 11 is 0. The van der Waals surface area contributed by atoms with Crippen molar-refractivity contribution in [3.63, 3.8) is 0 Å². The van der Waals surface area contributed by atoms with Crippen LogP contribution in [-0.4, -0.2) is 79.3 Å². The molecule has 0 radical (unpaired) electrons. The highest BCUT2D eigenvalue weighted by Gasteiger charge is 2.41. The van der Waals surface area contributed by atoms with Crippen molar-refractivity contribution in [2.24, 2.45) is 5.92 Å². The molecule has 1 aliphatic carbocycles. The largest absolute Gasteiger partial charge is 0.378 e. The highest BCUT2D eigenvalue weighted by atomic mass is 16.5. The second-order valence-electron chi connectivity index (χ2n) is 10.3. The van der Waals surface area contributed by atoms with Gasteiger partial charge in [0.25, 0.3) is 0 Å². The number of hydrogen-bond donors (Lipinski definition) is 2. The van der Waals surface area contributed by atoms with Gasteiger partial charge in [0.05, 0.1) is 19.3 Å². The van der Waals surface area contributed by atoms with Crippen molar-refractivity contribution in [1.82, 2.24) is 20.4 Å². The van der Waals surface area contributed by atoms with E-state index in [1.54, 1.807) is 4.90 Å². The molecule has 3 fully saturated rings. The molecule has 8 heteroatoms. The van der Waals surface area contributed by atoms with E-state index < -0.39 is 11.6 Å². The van der Waals surface area contributed by atoms with Crippen molar-refractivity contribution >= 4 is 11.9 Å². The molecule has 1 aromatic carbocycles. The van der Waals surface area contributed by atoms with Crippen LogP contribution in [0, 0.1) is 17.2 Å². The number of urea groups is 1. The fraction of sp³-hybridized carbons (Fsp3) is 0.667. The van der Waals surface area contributed by atoms with Gasteiger partial charge in [-0.3, -0.25) is 9.69 Å². The molecule has 2 aliphatic heterocycles. The van der Waals surface area contributed by atoms with E-state index in [-0.39, 0.29) is 11.9 Å². The third-order valence-corrected chi connectivity index (χ3v) is 7.69. The predicted molar refractivity (Wildman–Crippen MR) is 134 cm³/mol. The number of likely N-dealkylation sites (tertiary alicyclic amines) is 1. The van der Waals surface area contributed by atoms with Crippen molar-refractivity contribution in [2.75, 3.05) is 45.9 Å². The third-order valence-electron chi connectivity index (χ3n) is 7.69. The van der Waals surface area contributed by atoms with Gasteiger partial charge in [0.15, 0.2) is 0 Å². The molecule has 190 valence electrons. The number of nitrogens with zero attached hydrogens (tertiary/aromatic N) is 3. The summed E-state index contributed by atoms with van der Waals surface area (Å²) < 4.78 is 5.36. The van der Waals surface area contributed by atoms with E-state index in [0.29, 0.717) is 51.6 Å². The number of amides is 3. The summed E-state index contributed by atoms with van der Waals surface area (Å²) in [5, 5.41) is 16.1. The minimum atomic E-state index is -0.914. The number of rotatable bonds is 8. The fourth-order valence-electron chi connectivity index (χ4n) is 5.55. The van der Waals surface area contributed by atoms with Gasteiger partial charge in [0, 0.05) is 32.7 Å². The first kappa shape index (κ1) is 25.5. The summed E-state index contributed by atoms with van der Waals surface area (Å²) in [5.41, 5.74) is 0.354. The van der Waals surface area contributed by atoms with E-state index in [2.05, 4.69) is 33.7 Å². The maximum atomic E-state index is 13.5. The van der Waals surface area contributed by atoms with E-state index in [4.69, 9.17) is 4.74 Å². The van der Waals surface area contributed by atoms with Crippen LogP contribution in [0.2, 0.25) is 0 Å². The molecule has 35 heavy (non-hydrogen) atoms. The van der Waals surface area contributed by atoms with Crippen LogP contribution in [0.25, 0.3) is 0 Å². The molecule has 0 aromatic heterocycles. The number of nitrogens with one attached hydrogen (secondary N) is 2. The lowest BCUT2D eigenvalue weighted by Gasteiger charge is -2.32. The molecule has 2 heterocycles. The summed E-state index contributed by atoms with van der Waals surface area (Å²) in [5.74, 6) is 0.192. The van der Waals surface area contributed by atoms with E-state index in [1.165, 1.54) is 24.8 Å². The monoisotopic (exact) mass is 481 g/mol. The van der Waals surface area contributed by atoms with Crippen LogP contribution in [0.5, 0.6) is 0 Å². The number of benzene rings is 1. The highest BCUT2D eigenvalue weighted by molar-refractivity contribution is 5.88. The molecule has 0 bridgehead atoms. The summed E-state index contributed by atoms with van der Waals surface area (Å²) in [4.78, 5) is 30.4. The molecule has 3 amide bonds. The maximum Gasteiger partial charge on any atom is 0.318 e. The number of carbonyl (C=O) groups is 2. The van der Waals surface area contributed by atoms with Gasteiger partial charge in [-0.2, -0.15) is 5.26 Å². The van der Waals surface area contributed by atoms with Gasteiger partial charge >= 0.3 is 6.03 Å². The Kier molecular flexibility index (Phi) is 9.00. The lowest BCUT2D eigenvalue weighted by Crippen LogP contribution is -2.58. The Hall–Kier alpha value is -2.63. The molecule has 0 spiro atoms. The average molecular weight is 482 g/mol. The van der Waals surface area contributed by atoms with E-state index in [9.17, 15) is 14.9 Å². The van der Waals surface area contributed by atoms with Crippen LogP contribution in [0.4, 0.5) is 4.79 Å². The number of morpholine rings is 1. The van der Waals surface area contributed by atoms with Gasteiger partial charge in [0.2, 0.25) is 5.91 Å². The standard InChI is InChI=1S/C27H39N5O3/c28-20-27(12-14-31(21-27)13-11-22-7-3-1-4-8-22)30-25(33)24(19-23-9-5-2-6-10-23)29-26(34)32-15-17-35-18-16-32/h1,3-4,7-8,23-24H,2,5-6,9-19,21H2,(H,29,34)(H,30,33). The van der Waals surface area contributed by atoms with Crippen LogP contribution in [-0.2, 0) is 16.0 Å². The Labute approximate surface area is 209 Å². The second-order valence-corrected chi connectivity index (χ2v) is 10.3. The van der Waals surface area contributed by atoms with Gasteiger partial charge in [-0.1, -0.05) is 62.4 Å². The first-order chi connectivity index (χ1) is 17.1. The first-order valence-corrected chi connectivity index (χ1v) is 13.2. The van der Waals surface area contributed by atoms with Gasteiger partial charge in [-0.25, -0.2) is 4.79 Å². The molecule has 2 N–H and O–H groups in total. The van der Waals surface area contributed by atoms with Crippen LogP contribution < -0.4 is 10.6 Å². The maximum absolute atomic E-state index is 13.5. The van der Waals surface area contributed by atoms with Crippen molar-refractivity contribution in [3.8, 4) is 6.07 Å². The van der Waals surface area contributed by atoms with Gasteiger partial charge < -0.3 is 20.3 Å². The summed E-state index contributed by atoms with van der Waals surface area (Å²) in [7, 11) is 0. The first-order valence-electron chi connectivity index (χ1n) is 13.2. The number of ether oxygens (including phenoxy) is 1. The molecular weight excluding hydrogens is 442 g/mol. The normalized spacial score (nSPS) is 24.5. The lowest BCUT2D eigenvalue weighted by atomic mass is 9.84. The Bertz CT molecular complexity index is 877.